The first-order valence-corrected chi connectivity index (χ1v) is 5.67. The van der Waals surface area contributed by atoms with Crippen LogP contribution in [0.4, 0.5) is 5.69 Å². The van der Waals surface area contributed by atoms with Crippen molar-refractivity contribution in [3.8, 4) is 0 Å². The van der Waals surface area contributed by atoms with Gasteiger partial charge in [-0.3, -0.25) is 0 Å². The molecule has 0 atom stereocenters. The molecule has 1 aliphatic heterocycles. The lowest BCUT2D eigenvalue weighted by atomic mass is 10.5. The van der Waals surface area contributed by atoms with Gasteiger partial charge in [0.2, 0.25) is 0 Å². The van der Waals surface area contributed by atoms with Gasteiger partial charge in [0.05, 0.1) is 17.3 Å². The van der Waals surface area contributed by atoms with Crippen molar-refractivity contribution in [1.82, 2.24) is 4.72 Å². The second-order valence-corrected chi connectivity index (χ2v) is 5.56. The highest BCUT2D eigenvalue weighted by Gasteiger charge is 2.22. The van der Waals surface area contributed by atoms with Gasteiger partial charge < -0.3 is 4.90 Å². The van der Waals surface area contributed by atoms with Crippen LogP contribution in [0.2, 0.25) is 8.67 Å². The van der Waals surface area contributed by atoms with Crippen molar-refractivity contribution in [3.63, 3.8) is 0 Å². The van der Waals surface area contributed by atoms with Crippen LogP contribution in [0.5, 0.6) is 0 Å². The van der Waals surface area contributed by atoms with Crippen molar-refractivity contribution in [1.29, 1.82) is 0 Å². The first-order chi connectivity index (χ1) is 5.70. The van der Waals surface area contributed by atoms with Crippen LogP contribution in [0.1, 0.15) is 0 Å². The van der Waals surface area contributed by atoms with E-state index in [-0.39, 0.29) is 0 Å². The predicted molar refractivity (Wildman–Crippen MR) is 56.6 cm³/mol. The Kier molecular flexibility index (Phi) is 2.44. The average Bonchev–Trinajstić information content (AvgIpc) is 2.29. The van der Waals surface area contributed by atoms with E-state index >= 15 is 0 Å². The smallest absolute Gasteiger partial charge is 0.119 e. The number of anilines is 1. The van der Waals surface area contributed by atoms with Crippen molar-refractivity contribution in [2.75, 3.05) is 18.6 Å². The number of hydrogen-bond acceptors (Lipinski definition) is 4. The molecule has 6 heteroatoms. The summed E-state index contributed by atoms with van der Waals surface area (Å²) < 4.78 is 4.68. The molecule has 0 spiro atoms. The molecule has 2 rings (SSSR count). The Hall–Kier alpha value is 0.390. The molecule has 0 aromatic carbocycles. The fourth-order valence-corrected chi connectivity index (χ4v) is 3.98. The Morgan fingerprint density at radius 3 is 2.83 bits per heavy atom. The highest BCUT2D eigenvalue weighted by atomic mass is 35.5. The van der Waals surface area contributed by atoms with Gasteiger partial charge in [0, 0.05) is 7.05 Å². The highest BCUT2D eigenvalue weighted by Crippen LogP contribution is 2.48. The first-order valence-electron chi connectivity index (χ1n) is 3.29. The quantitative estimate of drug-likeness (QED) is 0.703. The molecule has 2 nitrogen and oxygen atoms in total. The van der Waals surface area contributed by atoms with Crippen molar-refractivity contribution < 1.29 is 0 Å². The number of hydrogen-bond donors (Lipinski definition) is 1. The third-order valence-electron chi connectivity index (χ3n) is 1.62. The monoisotopic (exact) mass is 240 g/mol. The standard InChI is InChI=1S/C6H6Cl2N2S2/c1-10-2-9-12-4-3(10)5(7)11-6(4)8/h9H,2H2,1H3. The average molecular weight is 241 g/mol. The van der Waals surface area contributed by atoms with Crippen molar-refractivity contribution in [3.05, 3.63) is 8.67 Å². The maximum absolute atomic E-state index is 6.01. The minimum absolute atomic E-state index is 0.763. The van der Waals surface area contributed by atoms with E-state index < -0.39 is 0 Å². The molecule has 0 radical (unpaired) electrons. The summed E-state index contributed by atoms with van der Waals surface area (Å²) in [6.45, 7) is 0.796. The number of nitrogens with zero attached hydrogens (tertiary/aromatic N) is 1. The van der Waals surface area contributed by atoms with E-state index in [1.165, 1.54) is 11.3 Å². The van der Waals surface area contributed by atoms with E-state index in [9.17, 15) is 0 Å². The minimum atomic E-state index is 0.763. The molecule has 0 saturated heterocycles. The zero-order valence-electron chi connectivity index (χ0n) is 6.23. The van der Waals surface area contributed by atoms with Crippen LogP contribution in [0, 0.1) is 0 Å². The van der Waals surface area contributed by atoms with E-state index in [1.54, 1.807) is 11.9 Å². The van der Waals surface area contributed by atoms with Crippen LogP contribution >= 0.6 is 46.5 Å². The number of fused-ring (bicyclic) bond motifs is 1. The Morgan fingerprint density at radius 1 is 1.42 bits per heavy atom. The normalized spacial score (nSPS) is 16.4. The maximum Gasteiger partial charge on any atom is 0.119 e. The summed E-state index contributed by atoms with van der Waals surface area (Å²) in [5.74, 6) is 0. The fraction of sp³-hybridized carbons (Fsp3) is 0.333. The molecule has 2 heterocycles. The zero-order valence-corrected chi connectivity index (χ0v) is 9.37. The summed E-state index contributed by atoms with van der Waals surface area (Å²) in [4.78, 5) is 3.09. The molecule has 0 bridgehead atoms. The van der Waals surface area contributed by atoms with E-state index in [2.05, 4.69) is 9.62 Å². The van der Waals surface area contributed by atoms with E-state index in [1.807, 2.05) is 7.05 Å². The summed E-state index contributed by atoms with van der Waals surface area (Å²) in [7, 11) is 1.99. The van der Waals surface area contributed by atoms with Crippen molar-refractivity contribution in [2.24, 2.45) is 0 Å². The summed E-state index contributed by atoms with van der Waals surface area (Å²) in [5.41, 5.74) is 1.05. The van der Waals surface area contributed by atoms with E-state index in [4.69, 9.17) is 23.2 Å². The number of thiophene rings is 1. The van der Waals surface area contributed by atoms with Gasteiger partial charge in [0.1, 0.15) is 8.67 Å². The number of rotatable bonds is 0. The molecule has 66 valence electrons. The van der Waals surface area contributed by atoms with Gasteiger partial charge in [-0.2, -0.15) is 0 Å². The van der Waals surface area contributed by atoms with Gasteiger partial charge in [0.25, 0.3) is 0 Å². The van der Waals surface area contributed by atoms with Crippen LogP contribution in [-0.4, -0.2) is 13.7 Å². The second-order valence-electron chi connectivity index (χ2n) is 2.43. The van der Waals surface area contributed by atoms with Gasteiger partial charge in [-0.1, -0.05) is 23.2 Å². The lowest BCUT2D eigenvalue weighted by Crippen LogP contribution is -2.30. The fourth-order valence-electron chi connectivity index (χ4n) is 1.05. The van der Waals surface area contributed by atoms with Crippen LogP contribution in [0.15, 0.2) is 4.90 Å². The molecule has 0 amide bonds. The Balaban J connectivity index is 2.55. The van der Waals surface area contributed by atoms with Crippen LogP contribution in [0.25, 0.3) is 0 Å². The third kappa shape index (κ3) is 1.32. The molecule has 1 aromatic rings. The predicted octanol–water partition coefficient (Wildman–Crippen LogP) is 3.06. The number of nitrogens with one attached hydrogen (secondary N) is 1. The molecule has 0 saturated carbocycles. The summed E-state index contributed by atoms with van der Waals surface area (Å²) in [6.07, 6.45) is 0. The van der Waals surface area contributed by atoms with Gasteiger partial charge in [-0.15, -0.1) is 11.3 Å². The Morgan fingerprint density at radius 2 is 2.17 bits per heavy atom. The lowest BCUT2D eigenvalue weighted by Gasteiger charge is -2.25. The van der Waals surface area contributed by atoms with Gasteiger partial charge >= 0.3 is 0 Å². The zero-order chi connectivity index (χ0) is 8.72. The Labute approximate surface area is 89.0 Å². The van der Waals surface area contributed by atoms with Crippen molar-refractivity contribution >= 4 is 52.2 Å². The molecular formula is C6H6Cl2N2S2. The molecule has 0 fully saturated rings. The molecule has 1 aliphatic rings. The summed E-state index contributed by atoms with van der Waals surface area (Å²) in [5, 5.41) is 0. The van der Waals surface area contributed by atoms with Crippen LogP contribution in [-0.2, 0) is 0 Å². The molecule has 0 aliphatic carbocycles. The second kappa shape index (κ2) is 3.27. The van der Waals surface area contributed by atoms with Gasteiger partial charge in [0.15, 0.2) is 0 Å². The van der Waals surface area contributed by atoms with Crippen molar-refractivity contribution in [2.45, 2.75) is 4.90 Å². The molecule has 12 heavy (non-hydrogen) atoms. The molecule has 1 N–H and O–H groups in total. The lowest BCUT2D eigenvalue weighted by molar-refractivity contribution is 0.856. The SMILES string of the molecule is CN1CNSc2c(Cl)sc(Cl)c21. The summed E-state index contributed by atoms with van der Waals surface area (Å²) in [6, 6.07) is 0. The van der Waals surface area contributed by atoms with Crippen LogP contribution < -0.4 is 9.62 Å². The Bertz CT molecular complexity index is 313. The third-order valence-corrected chi connectivity index (χ3v) is 4.32. The summed E-state index contributed by atoms with van der Waals surface area (Å²) >= 11 is 14.9. The van der Waals surface area contributed by atoms with E-state index in [0.717, 1.165) is 25.9 Å². The van der Waals surface area contributed by atoms with Gasteiger partial charge in [-0.25, -0.2) is 4.72 Å². The minimum Gasteiger partial charge on any atom is -0.358 e. The van der Waals surface area contributed by atoms with E-state index in [0.29, 0.717) is 0 Å². The topological polar surface area (TPSA) is 15.3 Å². The molecule has 1 aromatic heterocycles. The largest absolute Gasteiger partial charge is 0.358 e. The maximum atomic E-state index is 6.01. The van der Waals surface area contributed by atoms with Crippen LogP contribution in [0.3, 0.4) is 0 Å². The first kappa shape index (κ1) is 8.97. The molecular weight excluding hydrogens is 235 g/mol. The van der Waals surface area contributed by atoms with Gasteiger partial charge in [-0.05, 0) is 11.9 Å². The molecule has 0 unspecified atom stereocenters. The highest BCUT2D eigenvalue weighted by molar-refractivity contribution is 7.98. The number of halogens is 2.